The number of benzene rings is 1. The van der Waals surface area contributed by atoms with E-state index in [9.17, 15) is 13.6 Å². The molecule has 1 heterocycles. The Kier molecular flexibility index (Phi) is 5.52. The van der Waals surface area contributed by atoms with Crippen LogP contribution in [-0.2, 0) is 4.74 Å². The topological polar surface area (TPSA) is 38.8 Å². The molecule has 2 atom stereocenters. The number of hydrogen-bond donors (Lipinski definition) is 0. The van der Waals surface area contributed by atoms with Crippen molar-refractivity contribution in [2.45, 2.75) is 25.7 Å². The summed E-state index contributed by atoms with van der Waals surface area (Å²) in [5.74, 6) is -0.431. The number of ether oxygens (including phenoxy) is 2. The molecule has 1 amide bonds. The van der Waals surface area contributed by atoms with E-state index in [1.807, 2.05) is 6.92 Å². The van der Waals surface area contributed by atoms with Crippen molar-refractivity contribution in [2.24, 2.45) is 0 Å². The summed E-state index contributed by atoms with van der Waals surface area (Å²) < 4.78 is 34.9. The lowest BCUT2D eigenvalue weighted by atomic mass is 10.1. The molecule has 116 valence electrons. The van der Waals surface area contributed by atoms with Crippen LogP contribution in [0.25, 0.3) is 0 Å². The first kappa shape index (κ1) is 16.2. The van der Waals surface area contributed by atoms with Crippen LogP contribution in [0.15, 0.2) is 24.3 Å². The Morgan fingerprint density at radius 2 is 2.19 bits per heavy atom. The average Bonchev–Trinajstić information content (AvgIpc) is 2.45. The first-order chi connectivity index (χ1) is 10.0. The molecule has 0 radical (unpaired) electrons. The number of carbonyl (C=O) groups excluding carboxylic acids is 1. The Labute approximate surface area is 130 Å². The predicted octanol–water partition coefficient (Wildman–Crippen LogP) is 2.91. The normalized spacial score (nSPS) is 22.4. The zero-order valence-corrected chi connectivity index (χ0v) is 13.1. The van der Waals surface area contributed by atoms with Crippen molar-refractivity contribution < 1.29 is 23.0 Å². The molecular weight excluding hydrogens is 348 g/mol. The minimum atomic E-state index is -2.96. The highest BCUT2D eigenvalue weighted by Gasteiger charge is 2.29. The smallest absolute Gasteiger partial charge is 0.387 e. The molecule has 0 aromatic heterocycles. The fraction of sp³-hybridized carbons (Fsp3) is 0.500. The summed E-state index contributed by atoms with van der Waals surface area (Å²) >= 11 is 3.33. The molecule has 0 spiro atoms. The number of nitrogens with zero attached hydrogens (tertiary/aromatic N) is 1. The van der Waals surface area contributed by atoms with Crippen molar-refractivity contribution in [3.05, 3.63) is 29.8 Å². The van der Waals surface area contributed by atoms with Crippen LogP contribution in [0.4, 0.5) is 8.78 Å². The fourth-order valence-electron chi connectivity index (χ4n) is 2.31. The van der Waals surface area contributed by atoms with E-state index < -0.39 is 6.61 Å². The maximum absolute atomic E-state index is 12.5. The first-order valence-electron chi connectivity index (χ1n) is 6.55. The molecule has 0 bridgehead atoms. The van der Waals surface area contributed by atoms with Gasteiger partial charge in [0.15, 0.2) is 0 Å². The Hall–Kier alpha value is -1.21. The van der Waals surface area contributed by atoms with Gasteiger partial charge in [0.25, 0.3) is 5.91 Å². The summed E-state index contributed by atoms with van der Waals surface area (Å²) in [6, 6.07) is 6.03. The molecule has 4 nitrogen and oxygen atoms in total. The van der Waals surface area contributed by atoms with E-state index >= 15 is 0 Å². The van der Waals surface area contributed by atoms with Gasteiger partial charge in [-0.25, -0.2) is 0 Å². The molecule has 1 aromatic rings. The third kappa shape index (κ3) is 4.14. The van der Waals surface area contributed by atoms with Gasteiger partial charge in [0.1, 0.15) is 5.75 Å². The van der Waals surface area contributed by atoms with Gasteiger partial charge in [-0.3, -0.25) is 4.79 Å². The highest BCUT2D eigenvalue weighted by atomic mass is 79.9. The van der Waals surface area contributed by atoms with Gasteiger partial charge in [-0.05, 0) is 19.1 Å². The second kappa shape index (κ2) is 7.17. The van der Waals surface area contributed by atoms with Crippen LogP contribution in [0.2, 0.25) is 0 Å². The van der Waals surface area contributed by atoms with Gasteiger partial charge >= 0.3 is 6.61 Å². The number of rotatable bonds is 4. The Morgan fingerprint density at radius 1 is 1.48 bits per heavy atom. The molecule has 7 heteroatoms. The molecule has 21 heavy (non-hydrogen) atoms. The van der Waals surface area contributed by atoms with E-state index in [1.54, 1.807) is 17.0 Å². The van der Waals surface area contributed by atoms with Crippen molar-refractivity contribution in [2.75, 3.05) is 18.4 Å². The molecule has 0 aliphatic carbocycles. The number of halogens is 3. The van der Waals surface area contributed by atoms with Gasteiger partial charge < -0.3 is 14.4 Å². The van der Waals surface area contributed by atoms with E-state index in [0.29, 0.717) is 18.4 Å². The van der Waals surface area contributed by atoms with Gasteiger partial charge in [-0.2, -0.15) is 8.78 Å². The van der Waals surface area contributed by atoms with Crippen LogP contribution >= 0.6 is 15.9 Å². The summed E-state index contributed by atoms with van der Waals surface area (Å²) in [5.41, 5.74) is 0.139. The van der Waals surface area contributed by atoms with Gasteiger partial charge in [0.2, 0.25) is 0 Å². The average molecular weight is 364 g/mol. The lowest BCUT2D eigenvalue weighted by Gasteiger charge is -2.36. The van der Waals surface area contributed by atoms with E-state index in [-0.39, 0.29) is 29.4 Å². The second-order valence-electron chi connectivity index (χ2n) is 4.81. The molecule has 2 rings (SSSR count). The lowest BCUT2D eigenvalue weighted by Crippen LogP contribution is -2.49. The molecule has 0 saturated carbocycles. The van der Waals surface area contributed by atoms with Crippen LogP contribution in [0, 0.1) is 0 Å². The fourth-order valence-corrected chi connectivity index (χ4v) is 2.67. The molecule has 1 fully saturated rings. The van der Waals surface area contributed by atoms with E-state index in [2.05, 4.69) is 20.7 Å². The monoisotopic (exact) mass is 363 g/mol. The number of para-hydroxylation sites is 1. The van der Waals surface area contributed by atoms with Crippen molar-refractivity contribution in [1.29, 1.82) is 0 Å². The molecule has 1 aliphatic heterocycles. The zero-order chi connectivity index (χ0) is 15.4. The SMILES string of the molecule is CC1CN(C(=O)c2ccccc2OC(F)F)CC(CBr)O1. The van der Waals surface area contributed by atoms with E-state index in [4.69, 9.17) is 4.74 Å². The Balaban J connectivity index is 2.19. The molecule has 1 saturated heterocycles. The summed E-state index contributed by atoms with van der Waals surface area (Å²) in [5, 5.41) is 0.607. The molecule has 0 N–H and O–H groups in total. The number of carbonyl (C=O) groups is 1. The highest BCUT2D eigenvalue weighted by molar-refractivity contribution is 9.09. The third-order valence-electron chi connectivity index (χ3n) is 3.12. The molecule has 2 unspecified atom stereocenters. The summed E-state index contributed by atoms with van der Waals surface area (Å²) in [4.78, 5) is 14.1. The largest absolute Gasteiger partial charge is 0.434 e. The van der Waals surface area contributed by atoms with Gasteiger partial charge in [-0.1, -0.05) is 28.1 Å². The van der Waals surface area contributed by atoms with Crippen LogP contribution < -0.4 is 4.74 Å². The zero-order valence-electron chi connectivity index (χ0n) is 11.5. The van der Waals surface area contributed by atoms with E-state index in [0.717, 1.165) is 0 Å². The van der Waals surface area contributed by atoms with Gasteiger partial charge in [0, 0.05) is 18.4 Å². The van der Waals surface area contributed by atoms with Crippen LogP contribution in [0.5, 0.6) is 5.75 Å². The van der Waals surface area contributed by atoms with Gasteiger partial charge in [0.05, 0.1) is 17.8 Å². The Morgan fingerprint density at radius 3 is 2.86 bits per heavy atom. The van der Waals surface area contributed by atoms with Crippen LogP contribution in [0.3, 0.4) is 0 Å². The number of alkyl halides is 3. The summed E-state index contributed by atoms with van der Waals surface area (Å²) in [6.07, 6.45) is -0.214. The minimum absolute atomic E-state index is 0.103. The van der Waals surface area contributed by atoms with Crippen LogP contribution in [0.1, 0.15) is 17.3 Å². The van der Waals surface area contributed by atoms with E-state index in [1.165, 1.54) is 12.1 Å². The molecule has 1 aromatic carbocycles. The minimum Gasteiger partial charge on any atom is -0.434 e. The highest BCUT2D eigenvalue weighted by Crippen LogP contribution is 2.24. The van der Waals surface area contributed by atoms with Gasteiger partial charge in [-0.15, -0.1) is 0 Å². The molecular formula is C14H16BrF2NO3. The first-order valence-corrected chi connectivity index (χ1v) is 7.68. The maximum atomic E-state index is 12.5. The lowest BCUT2D eigenvalue weighted by molar-refractivity contribution is -0.0580. The number of hydrogen-bond acceptors (Lipinski definition) is 3. The van der Waals surface area contributed by atoms with Crippen LogP contribution in [-0.4, -0.2) is 48.0 Å². The Bertz CT molecular complexity index is 501. The number of morpholine rings is 1. The van der Waals surface area contributed by atoms with Crippen molar-refractivity contribution in [3.63, 3.8) is 0 Å². The second-order valence-corrected chi connectivity index (χ2v) is 5.46. The molecule has 1 aliphatic rings. The standard InChI is InChI=1S/C14H16BrF2NO3/c1-9-7-18(8-10(6-15)20-9)13(19)11-4-2-3-5-12(11)21-14(16)17/h2-5,9-10,14H,6-8H2,1H3. The van der Waals surface area contributed by atoms with Crippen molar-refractivity contribution in [3.8, 4) is 5.75 Å². The third-order valence-corrected chi connectivity index (χ3v) is 3.84. The maximum Gasteiger partial charge on any atom is 0.387 e. The quantitative estimate of drug-likeness (QED) is 0.772. The summed E-state index contributed by atoms with van der Waals surface area (Å²) in [6.45, 7) is -0.253. The number of amides is 1. The van der Waals surface area contributed by atoms with Crippen molar-refractivity contribution in [1.82, 2.24) is 4.90 Å². The summed E-state index contributed by atoms with van der Waals surface area (Å²) in [7, 11) is 0. The predicted molar refractivity (Wildman–Crippen MR) is 77.1 cm³/mol. The van der Waals surface area contributed by atoms with Crippen molar-refractivity contribution >= 4 is 21.8 Å².